The fourth-order valence-electron chi connectivity index (χ4n) is 10.7. The van der Waals surface area contributed by atoms with Gasteiger partial charge in [-0.1, -0.05) is 71.1 Å². The number of aromatic nitrogens is 4. The van der Waals surface area contributed by atoms with Gasteiger partial charge in [0.15, 0.2) is 12.1 Å². The number of methoxy groups -OCH3 is 3. The molecule has 2 saturated heterocycles. The van der Waals surface area contributed by atoms with Gasteiger partial charge in [0.2, 0.25) is 5.79 Å². The van der Waals surface area contributed by atoms with E-state index < -0.39 is 77.8 Å². The summed E-state index contributed by atoms with van der Waals surface area (Å²) in [5, 5.41) is 35.7. The van der Waals surface area contributed by atoms with Crippen LogP contribution in [0.1, 0.15) is 132 Å². The Labute approximate surface area is 408 Å². The van der Waals surface area contributed by atoms with Crippen LogP contribution < -0.4 is 0 Å². The first-order chi connectivity index (χ1) is 32.8. The van der Waals surface area contributed by atoms with E-state index in [0.717, 1.165) is 18.4 Å². The number of Topliss-reactive ketones (excluding diaryl/α,β-unsaturated/α-hetero) is 3. The van der Waals surface area contributed by atoms with Gasteiger partial charge in [-0.3, -0.25) is 19.2 Å². The van der Waals surface area contributed by atoms with Crippen LogP contribution in [0.5, 0.6) is 0 Å². The number of hydrogen-bond acceptors (Lipinski definition) is 15. The van der Waals surface area contributed by atoms with Gasteiger partial charge in [-0.15, -0.1) is 10.2 Å². The quantitative estimate of drug-likeness (QED) is 0.181. The fraction of sp³-hybridized carbons (Fsp3) is 0.731. The number of nitrogens with zero attached hydrogens (tertiary/aromatic N) is 5. The third-order valence-electron chi connectivity index (χ3n) is 15.1. The number of ketones is 3. The normalized spacial score (nSPS) is 37.5. The molecule has 0 aromatic carbocycles. The molecule has 5 rings (SSSR count). The molecule has 17 heteroatoms. The van der Waals surface area contributed by atoms with E-state index in [1.54, 1.807) is 45.9 Å². The van der Waals surface area contributed by atoms with Gasteiger partial charge in [-0.05, 0) is 112 Å². The molecule has 69 heavy (non-hydrogen) atoms. The highest BCUT2D eigenvalue weighted by atomic mass is 16.6. The molecule has 17 nitrogen and oxygen atoms in total. The number of allylic oxidation sites excluding steroid dienone is 6. The van der Waals surface area contributed by atoms with Crippen molar-refractivity contribution in [3.8, 4) is 0 Å². The number of tetrazole rings is 1. The van der Waals surface area contributed by atoms with Gasteiger partial charge < -0.3 is 38.8 Å². The minimum absolute atomic E-state index is 0.0168. The number of amides is 1. The van der Waals surface area contributed by atoms with E-state index in [1.807, 2.05) is 58.1 Å². The van der Waals surface area contributed by atoms with Gasteiger partial charge in [0, 0.05) is 58.5 Å². The van der Waals surface area contributed by atoms with Gasteiger partial charge >= 0.3 is 5.97 Å². The van der Waals surface area contributed by atoms with Crippen molar-refractivity contribution in [3.63, 3.8) is 0 Å². The highest BCUT2D eigenvalue weighted by Gasteiger charge is 2.53. The lowest BCUT2D eigenvalue weighted by molar-refractivity contribution is -0.265. The van der Waals surface area contributed by atoms with Gasteiger partial charge in [-0.25, -0.2) is 4.79 Å². The van der Waals surface area contributed by atoms with Crippen molar-refractivity contribution in [2.45, 2.75) is 180 Å². The second-order valence-electron chi connectivity index (χ2n) is 20.3. The van der Waals surface area contributed by atoms with Crippen molar-refractivity contribution in [2.75, 3.05) is 27.9 Å². The minimum Gasteiger partial charge on any atom is -0.460 e. The van der Waals surface area contributed by atoms with E-state index in [4.69, 9.17) is 23.7 Å². The topological polar surface area (TPSA) is 219 Å². The first kappa shape index (κ1) is 55.7. The molecule has 1 unspecified atom stereocenters. The fourth-order valence-corrected chi connectivity index (χ4v) is 10.7. The SMILES string of the molecule is CO[C@H]1C[C@@H]2CC[C@@H](C)[C@@](O)(O2)C(=O)C(=O)N2CCCC[C@H]2C(=O)O[C@H]([C@H](C)C[C@@H]2CC[C@H](n3ncnn3)[C@H](OC)C2)CC(=O)[C@H](C)/C=C(\C)[C@@H](O)[C@@H](OC)C(=O)[C@@H](C)CC(C)/C=C/C=CC=C1C. The van der Waals surface area contributed by atoms with E-state index in [-0.39, 0.29) is 60.9 Å². The lowest BCUT2D eigenvalue weighted by atomic mass is 9.77. The predicted octanol–water partition coefficient (Wildman–Crippen LogP) is 6.05. The van der Waals surface area contributed by atoms with Gasteiger partial charge in [0.05, 0.1) is 24.4 Å². The number of cyclic esters (lactones) is 1. The van der Waals surface area contributed by atoms with Crippen molar-refractivity contribution in [3.05, 3.63) is 53.9 Å². The van der Waals surface area contributed by atoms with Crippen LogP contribution in [0.25, 0.3) is 0 Å². The molecule has 3 fully saturated rings. The molecule has 2 bridgehead atoms. The Bertz CT molecular complexity index is 2020. The molecule has 1 aliphatic carbocycles. The van der Waals surface area contributed by atoms with Crippen molar-refractivity contribution >= 4 is 29.2 Å². The maximum atomic E-state index is 14.5. The molecule has 0 spiro atoms. The third-order valence-corrected chi connectivity index (χ3v) is 15.1. The summed E-state index contributed by atoms with van der Waals surface area (Å²) in [7, 11) is 4.61. The molecule has 3 aliphatic heterocycles. The Morgan fingerprint density at radius 3 is 2.32 bits per heavy atom. The first-order valence-electron chi connectivity index (χ1n) is 25.0. The lowest BCUT2D eigenvalue weighted by Crippen LogP contribution is -2.61. The number of piperidine rings is 1. The Hall–Kier alpha value is -4.26. The van der Waals surface area contributed by atoms with E-state index in [2.05, 4.69) is 15.4 Å². The maximum absolute atomic E-state index is 14.5. The summed E-state index contributed by atoms with van der Waals surface area (Å²) in [6.45, 7) is 12.8. The van der Waals surface area contributed by atoms with Crippen molar-refractivity contribution in [1.82, 2.24) is 25.1 Å². The van der Waals surface area contributed by atoms with Crippen molar-refractivity contribution in [2.24, 2.45) is 35.5 Å². The monoisotopic (exact) mass is 966 g/mol. The Morgan fingerprint density at radius 1 is 0.884 bits per heavy atom. The molecular formula is C52H79N5O12. The summed E-state index contributed by atoms with van der Waals surface area (Å²) in [5.41, 5.74) is 1.27. The molecule has 4 heterocycles. The van der Waals surface area contributed by atoms with Crippen LogP contribution in [0.3, 0.4) is 0 Å². The zero-order chi connectivity index (χ0) is 50.6. The molecule has 1 aromatic heterocycles. The number of carbonyl (C=O) groups is 5. The maximum Gasteiger partial charge on any atom is 0.329 e. The average molecular weight is 966 g/mol. The van der Waals surface area contributed by atoms with E-state index in [1.165, 1.54) is 18.3 Å². The van der Waals surface area contributed by atoms with Crippen molar-refractivity contribution in [1.29, 1.82) is 0 Å². The number of aliphatic hydroxyl groups is 2. The van der Waals surface area contributed by atoms with Crippen LogP contribution in [0.4, 0.5) is 0 Å². The average Bonchev–Trinajstić information content (AvgIpc) is 3.88. The van der Waals surface area contributed by atoms with Gasteiger partial charge in [-0.2, -0.15) is 4.80 Å². The number of ether oxygens (including phenoxy) is 5. The minimum atomic E-state index is -2.43. The Balaban J connectivity index is 1.46. The highest BCUT2D eigenvalue weighted by molar-refractivity contribution is 6.39. The molecule has 4 aliphatic rings. The molecule has 15 atom stereocenters. The largest absolute Gasteiger partial charge is 0.460 e. The molecule has 0 radical (unpaired) electrons. The summed E-state index contributed by atoms with van der Waals surface area (Å²) in [4.78, 5) is 73.9. The van der Waals surface area contributed by atoms with E-state index in [9.17, 15) is 34.2 Å². The number of aliphatic hydroxyl groups excluding tert-OH is 1. The molecular weight excluding hydrogens is 887 g/mol. The second-order valence-corrected chi connectivity index (χ2v) is 20.3. The number of carbonyl (C=O) groups excluding carboxylic acids is 5. The van der Waals surface area contributed by atoms with Crippen molar-refractivity contribution < 1.29 is 57.9 Å². The predicted molar refractivity (Wildman–Crippen MR) is 256 cm³/mol. The van der Waals surface area contributed by atoms with Crippen LogP contribution in [-0.2, 0) is 47.7 Å². The van der Waals surface area contributed by atoms with Crippen LogP contribution in [0.15, 0.2) is 53.9 Å². The first-order valence-corrected chi connectivity index (χ1v) is 25.0. The summed E-state index contributed by atoms with van der Waals surface area (Å²) in [5.74, 6) is -7.94. The third kappa shape index (κ3) is 14.2. The lowest BCUT2D eigenvalue weighted by Gasteiger charge is -2.42. The molecule has 1 amide bonds. The van der Waals surface area contributed by atoms with E-state index >= 15 is 0 Å². The molecule has 1 aromatic rings. The number of esters is 1. The summed E-state index contributed by atoms with van der Waals surface area (Å²) in [6, 6.07) is -1.24. The van der Waals surface area contributed by atoms with Crippen LogP contribution in [0.2, 0.25) is 0 Å². The summed E-state index contributed by atoms with van der Waals surface area (Å²) < 4.78 is 29.9. The Morgan fingerprint density at radius 2 is 1.64 bits per heavy atom. The molecule has 384 valence electrons. The summed E-state index contributed by atoms with van der Waals surface area (Å²) in [6.07, 6.45) is 13.7. The number of rotatable bonds is 7. The Kier molecular flexibility index (Phi) is 20.8. The number of hydrogen-bond donors (Lipinski definition) is 2. The highest BCUT2D eigenvalue weighted by Crippen LogP contribution is 2.39. The zero-order valence-electron chi connectivity index (χ0n) is 42.5. The zero-order valence-corrected chi connectivity index (χ0v) is 42.5. The second kappa shape index (κ2) is 25.7. The van der Waals surface area contributed by atoms with Gasteiger partial charge in [0.25, 0.3) is 11.7 Å². The molecule has 1 saturated carbocycles. The standard InChI is InChI=1S/C52H79N5O12/c1-31-16-12-11-13-17-32(2)43(65-8)28-39-21-19-37(7)52(64,69-39)49(61)50(62)56-23-15-14-18-41(56)51(63)68-44(34(4)26-38-20-22-40(45(27-38)66-9)57-54-30-53-55-57)29-42(58)33(3)25-36(6)47(60)48(67-10)46(59)35(5)24-31/h11-13,16-17,25,30-31,33-35,37-41,43-45,47-48,60,64H,14-15,18-24,26-29H2,1-10H3/b13-11?,16-12+,32-17?,36-25+/t31?,33-,34-,35+,37-,38+,39+,40+,41+,43+,44+,45-,47-,48+,52-/m1/s1. The van der Waals surface area contributed by atoms with Crippen LogP contribution >= 0.6 is 0 Å². The molecule has 2 N–H and O–H groups in total. The summed E-state index contributed by atoms with van der Waals surface area (Å²) >= 11 is 0. The van der Waals surface area contributed by atoms with Crippen LogP contribution in [-0.4, -0.2) is 141 Å². The van der Waals surface area contributed by atoms with Crippen LogP contribution in [0, 0.1) is 35.5 Å². The smallest absolute Gasteiger partial charge is 0.329 e. The number of fused-ring (bicyclic) bond motifs is 3. The van der Waals surface area contributed by atoms with Gasteiger partial charge in [0.1, 0.15) is 30.1 Å². The van der Waals surface area contributed by atoms with E-state index in [0.29, 0.717) is 56.9 Å².